The largest absolute Gasteiger partial charge is 0.382 e. The highest BCUT2D eigenvalue weighted by atomic mass is 32.2. The summed E-state index contributed by atoms with van der Waals surface area (Å²) in [5, 5.41) is 3.72. The maximum absolute atomic E-state index is 3.72. The minimum absolute atomic E-state index is 0.689. The Kier molecular flexibility index (Phi) is 6.78. The number of aryl methyl sites for hydroxylation is 1. The molecule has 1 nitrogen and oxygen atoms in total. The van der Waals surface area contributed by atoms with E-state index in [9.17, 15) is 0 Å². The fourth-order valence-corrected chi connectivity index (χ4v) is 3.90. The molecular weight excluding hydrogens is 262 g/mol. The number of hydrogen-bond acceptors (Lipinski definition) is 2. The highest BCUT2D eigenvalue weighted by Gasteiger charge is 2.20. The molecule has 0 aliphatic heterocycles. The molecule has 1 saturated carbocycles. The average molecular weight is 292 g/mol. The van der Waals surface area contributed by atoms with Crippen molar-refractivity contribution in [3.05, 3.63) is 29.8 Å². The Morgan fingerprint density at radius 3 is 2.40 bits per heavy atom. The Balaban J connectivity index is 1.76. The van der Waals surface area contributed by atoms with E-state index >= 15 is 0 Å². The van der Waals surface area contributed by atoms with E-state index in [1.54, 1.807) is 0 Å². The van der Waals surface area contributed by atoms with E-state index in [1.807, 2.05) is 11.8 Å². The molecule has 2 rings (SSSR count). The van der Waals surface area contributed by atoms with Crippen molar-refractivity contribution in [1.29, 1.82) is 0 Å². The molecule has 20 heavy (non-hydrogen) atoms. The van der Waals surface area contributed by atoms with Crippen LogP contribution in [0.3, 0.4) is 0 Å². The van der Waals surface area contributed by atoms with Gasteiger partial charge in [-0.2, -0.15) is 11.8 Å². The molecule has 0 aromatic heterocycles. The second kappa shape index (κ2) is 8.61. The molecule has 0 amide bonds. The van der Waals surface area contributed by atoms with Crippen molar-refractivity contribution in [2.45, 2.75) is 57.9 Å². The summed E-state index contributed by atoms with van der Waals surface area (Å²) in [6, 6.07) is 9.79. The Labute approximate surface area is 128 Å². The van der Waals surface area contributed by atoms with Gasteiger partial charge in [-0.15, -0.1) is 0 Å². The smallest absolute Gasteiger partial charge is 0.0342 e. The van der Waals surface area contributed by atoms with Crippen LogP contribution in [0.4, 0.5) is 5.69 Å². The standard InChI is InChI=1S/C18H29NS/c1-3-4-5-15-6-10-17(11-7-15)19-18-12-8-16(9-13-18)14-20-2/h6-7,10-11,16,18-19H,3-5,8-9,12-14H2,1-2H3. The van der Waals surface area contributed by atoms with Gasteiger partial charge >= 0.3 is 0 Å². The number of rotatable bonds is 7. The SMILES string of the molecule is CCCCc1ccc(NC2CCC(CSC)CC2)cc1. The van der Waals surface area contributed by atoms with Crippen molar-refractivity contribution in [1.82, 2.24) is 0 Å². The molecule has 0 unspecified atom stereocenters. The van der Waals surface area contributed by atoms with E-state index < -0.39 is 0 Å². The van der Waals surface area contributed by atoms with Crippen LogP contribution in [0.2, 0.25) is 0 Å². The highest BCUT2D eigenvalue weighted by molar-refractivity contribution is 7.98. The summed E-state index contributed by atoms with van der Waals surface area (Å²) in [6.45, 7) is 2.25. The lowest BCUT2D eigenvalue weighted by molar-refractivity contribution is 0.366. The fraction of sp³-hybridized carbons (Fsp3) is 0.667. The second-order valence-corrected chi connectivity index (χ2v) is 7.03. The van der Waals surface area contributed by atoms with Crippen molar-refractivity contribution in [2.75, 3.05) is 17.3 Å². The van der Waals surface area contributed by atoms with Crippen LogP contribution >= 0.6 is 11.8 Å². The minimum Gasteiger partial charge on any atom is -0.382 e. The van der Waals surface area contributed by atoms with Gasteiger partial charge in [0.2, 0.25) is 0 Å². The maximum atomic E-state index is 3.72. The highest BCUT2D eigenvalue weighted by Crippen LogP contribution is 2.28. The van der Waals surface area contributed by atoms with Crippen LogP contribution in [-0.2, 0) is 6.42 Å². The van der Waals surface area contributed by atoms with Gasteiger partial charge in [-0.25, -0.2) is 0 Å². The maximum Gasteiger partial charge on any atom is 0.0342 e. The third-order valence-corrected chi connectivity index (χ3v) is 5.20. The van der Waals surface area contributed by atoms with Gasteiger partial charge in [0.15, 0.2) is 0 Å². The first kappa shape index (κ1) is 15.8. The number of nitrogens with one attached hydrogen (secondary N) is 1. The molecule has 2 heteroatoms. The number of benzene rings is 1. The molecule has 0 radical (unpaired) electrons. The van der Waals surface area contributed by atoms with Gasteiger partial charge in [0, 0.05) is 11.7 Å². The zero-order chi connectivity index (χ0) is 14.2. The molecular formula is C18H29NS. The Morgan fingerprint density at radius 2 is 1.80 bits per heavy atom. The van der Waals surface area contributed by atoms with Crippen LogP contribution < -0.4 is 5.32 Å². The van der Waals surface area contributed by atoms with Crippen molar-refractivity contribution in [3.8, 4) is 0 Å². The van der Waals surface area contributed by atoms with E-state index in [1.165, 1.54) is 61.9 Å². The zero-order valence-electron chi connectivity index (χ0n) is 13.0. The van der Waals surface area contributed by atoms with Gasteiger partial charge in [-0.05, 0) is 74.1 Å². The lowest BCUT2D eigenvalue weighted by Crippen LogP contribution is -2.26. The van der Waals surface area contributed by atoms with E-state index in [4.69, 9.17) is 0 Å². The summed E-state index contributed by atoms with van der Waals surface area (Å²) in [5.74, 6) is 2.30. The fourth-order valence-electron chi connectivity index (χ4n) is 3.09. The molecule has 0 spiro atoms. The molecule has 1 aromatic rings. The predicted octanol–water partition coefficient (Wildman–Crippen LogP) is 5.36. The Bertz CT molecular complexity index is 366. The van der Waals surface area contributed by atoms with Gasteiger partial charge in [-0.1, -0.05) is 25.5 Å². The van der Waals surface area contributed by atoms with E-state index in [0.717, 1.165) is 5.92 Å². The van der Waals surface area contributed by atoms with E-state index in [2.05, 4.69) is 42.8 Å². The van der Waals surface area contributed by atoms with Gasteiger partial charge in [0.25, 0.3) is 0 Å². The van der Waals surface area contributed by atoms with E-state index in [-0.39, 0.29) is 0 Å². The quantitative estimate of drug-likeness (QED) is 0.725. The monoisotopic (exact) mass is 291 g/mol. The Morgan fingerprint density at radius 1 is 1.10 bits per heavy atom. The van der Waals surface area contributed by atoms with Crippen molar-refractivity contribution in [2.24, 2.45) is 5.92 Å². The third kappa shape index (κ3) is 5.05. The van der Waals surface area contributed by atoms with Crippen LogP contribution in [0, 0.1) is 5.92 Å². The van der Waals surface area contributed by atoms with Crippen LogP contribution in [0.5, 0.6) is 0 Å². The zero-order valence-corrected chi connectivity index (χ0v) is 13.8. The van der Waals surface area contributed by atoms with Crippen LogP contribution in [0.15, 0.2) is 24.3 Å². The number of anilines is 1. The van der Waals surface area contributed by atoms with Gasteiger partial charge < -0.3 is 5.32 Å². The number of thioether (sulfide) groups is 1. The van der Waals surface area contributed by atoms with Crippen molar-refractivity contribution in [3.63, 3.8) is 0 Å². The normalized spacial score (nSPS) is 22.7. The summed E-state index contributed by atoms with van der Waals surface area (Å²) in [7, 11) is 0. The first-order chi connectivity index (χ1) is 9.81. The molecule has 1 aliphatic rings. The lowest BCUT2D eigenvalue weighted by Gasteiger charge is -2.29. The first-order valence-electron chi connectivity index (χ1n) is 8.16. The summed E-state index contributed by atoms with van der Waals surface area (Å²) in [6.07, 6.45) is 11.5. The topological polar surface area (TPSA) is 12.0 Å². The van der Waals surface area contributed by atoms with Crippen LogP contribution in [0.25, 0.3) is 0 Å². The molecule has 0 bridgehead atoms. The summed E-state index contributed by atoms with van der Waals surface area (Å²) < 4.78 is 0. The van der Waals surface area contributed by atoms with Crippen molar-refractivity contribution < 1.29 is 0 Å². The summed E-state index contributed by atoms with van der Waals surface area (Å²) in [5.41, 5.74) is 2.78. The number of hydrogen-bond donors (Lipinski definition) is 1. The third-order valence-electron chi connectivity index (χ3n) is 4.39. The molecule has 0 atom stereocenters. The second-order valence-electron chi connectivity index (χ2n) is 6.12. The molecule has 1 fully saturated rings. The molecule has 112 valence electrons. The molecule has 0 saturated heterocycles. The molecule has 1 aromatic carbocycles. The van der Waals surface area contributed by atoms with Crippen LogP contribution in [0.1, 0.15) is 51.0 Å². The van der Waals surface area contributed by atoms with Crippen LogP contribution in [-0.4, -0.2) is 18.1 Å². The van der Waals surface area contributed by atoms with Crippen molar-refractivity contribution >= 4 is 17.4 Å². The molecule has 1 N–H and O–H groups in total. The average Bonchev–Trinajstić information content (AvgIpc) is 2.49. The summed E-state index contributed by atoms with van der Waals surface area (Å²) in [4.78, 5) is 0. The first-order valence-corrected chi connectivity index (χ1v) is 9.55. The number of unbranched alkanes of at least 4 members (excludes halogenated alkanes) is 1. The van der Waals surface area contributed by atoms with Gasteiger partial charge in [0.05, 0.1) is 0 Å². The van der Waals surface area contributed by atoms with E-state index in [0.29, 0.717) is 6.04 Å². The Hall–Kier alpha value is -0.630. The minimum atomic E-state index is 0.689. The van der Waals surface area contributed by atoms with Gasteiger partial charge in [0.1, 0.15) is 0 Å². The molecule has 0 heterocycles. The predicted molar refractivity (Wildman–Crippen MR) is 92.8 cm³/mol. The molecule has 1 aliphatic carbocycles. The van der Waals surface area contributed by atoms with Gasteiger partial charge in [-0.3, -0.25) is 0 Å². The summed E-state index contributed by atoms with van der Waals surface area (Å²) >= 11 is 2.00. The lowest BCUT2D eigenvalue weighted by atomic mass is 9.87.